The summed E-state index contributed by atoms with van der Waals surface area (Å²) in [5, 5.41) is 0. The van der Waals surface area contributed by atoms with E-state index in [0.717, 1.165) is 0 Å². The van der Waals surface area contributed by atoms with Crippen LogP contribution in [0.5, 0.6) is 0 Å². The number of hydrogen-bond acceptors (Lipinski definition) is 4. The molecule has 2 aromatic carbocycles. The summed E-state index contributed by atoms with van der Waals surface area (Å²) >= 11 is 0. The van der Waals surface area contributed by atoms with Gasteiger partial charge in [-0.2, -0.15) is 0 Å². The van der Waals surface area contributed by atoms with Gasteiger partial charge in [0.25, 0.3) is 0 Å². The average molecular weight is 292 g/mol. The highest BCUT2D eigenvalue weighted by Gasteiger charge is 2.31. The van der Waals surface area contributed by atoms with Gasteiger partial charge in [-0.25, -0.2) is 0 Å². The first-order valence-electron chi connectivity index (χ1n) is 6.55. The molecule has 0 bridgehead atoms. The number of aromatic nitrogens is 2. The number of rotatable bonds is 0. The lowest BCUT2D eigenvalue weighted by Gasteiger charge is -2.18. The standard InChI is InChI=1S/C16H8N2O4/c19-13-7-3-1-2-4-8(7)14(20)11-9(13)5-6-10-12(11)18-16(22)15(21)17-10/h1-6H,(H,17,21)(H,18,22). The molecule has 2 N–H and O–H groups in total. The maximum atomic E-state index is 12.7. The number of carbonyl (C=O) groups is 2. The maximum Gasteiger partial charge on any atom is 0.314 e. The van der Waals surface area contributed by atoms with E-state index < -0.39 is 11.1 Å². The van der Waals surface area contributed by atoms with Crippen LogP contribution < -0.4 is 11.1 Å². The molecule has 1 aromatic heterocycles. The first-order valence-corrected chi connectivity index (χ1v) is 6.55. The molecule has 6 nitrogen and oxygen atoms in total. The topological polar surface area (TPSA) is 99.9 Å². The monoisotopic (exact) mass is 292 g/mol. The molecule has 1 aliphatic carbocycles. The smallest absolute Gasteiger partial charge is 0.314 e. The quantitative estimate of drug-likeness (QED) is 0.472. The Morgan fingerprint density at radius 2 is 1.27 bits per heavy atom. The Balaban J connectivity index is 2.17. The molecule has 0 fully saturated rings. The Labute approximate surface area is 122 Å². The summed E-state index contributed by atoms with van der Waals surface area (Å²) in [5.74, 6) is -0.627. The fourth-order valence-corrected chi connectivity index (χ4v) is 2.77. The molecule has 6 heteroatoms. The summed E-state index contributed by atoms with van der Waals surface area (Å²) in [5.41, 5.74) is -0.208. The van der Waals surface area contributed by atoms with Gasteiger partial charge < -0.3 is 9.97 Å². The van der Waals surface area contributed by atoms with Crippen LogP contribution in [-0.4, -0.2) is 21.5 Å². The third-order valence-electron chi connectivity index (χ3n) is 3.79. The molecule has 106 valence electrons. The van der Waals surface area contributed by atoms with E-state index in [1.165, 1.54) is 12.1 Å². The largest absolute Gasteiger partial charge is 0.316 e. The highest BCUT2D eigenvalue weighted by molar-refractivity contribution is 6.31. The molecule has 22 heavy (non-hydrogen) atoms. The summed E-state index contributed by atoms with van der Waals surface area (Å²) < 4.78 is 0. The van der Waals surface area contributed by atoms with Crippen molar-refractivity contribution < 1.29 is 9.59 Å². The molecular weight excluding hydrogens is 284 g/mol. The number of benzene rings is 2. The fourth-order valence-electron chi connectivity index (χ4n) is 2.77. The van der Waals surface area contributed by atoms with E-state index in [9.17, 15) is 19.2 Å². The summed E-state index contributed by atoms with van der Waals surface area (Å²) in [6.07, 6.45) is 0. The third kappa shape index (κ3) is 1.49. The van der Waals surface area contributed by atoms with Gasteiger partial charge in [0, 0.05) is 16.7 Å². The van der Waals surface area contributed by atoms with Crippen LogP contribution >= 0.6 is 0 Å². The van der Waals surface area contributed by atoms with E-state index in [4.69, 9.17) is 0 Å². The Kier molecular flexibility index (Phi) is 2.33. The van der Waals surface area contributed by atoms with Crippen LogP contribution in [-0.2, 0) is 0 Å². The third-order valence-corrected chi connectivity index (χ3v) is 3.79. The van der Waals surface area contributed by atoms with Crippen molar-refractivity contribution in [2.45, 2.75) is 0 Å². The molecule has 0 spiro atoms. The van der Waals surface area contributed by atoms with Crippen LogP contribution in [0.1, 0.15) is 31.8 Å². The van der Waals surface area contributed by atoms with Crippen LogP contribution in [0.3, 0.4) is 0 Å². The van der Waals surface area contributed by atoms with Gasteiger partial charge in [0.15, 0.2) is 11.6 Å². The van der Waals surface area contributed by atoms with Crippen LogP contribution in [0.15, 0.2) is 46.0 Å². The normalized spacial score (nSPS) is 13.1. The van der Waals surface area contributed by atoms with E-state index in [1.54, 1.807) is 24.3 Å². The van der Waals surface area contributed by atoms with Crippen LogP contribution in [0, 0.1) is 0 Å². The predicted octanol–water partition coefficient (Wildman–Crippen LogP) is 0.992. The Hall–Kier alpha value is -3.28. The second-order valence-corrected chi connectivity index (χ2v) is 5.02. The lowest BCUT2D eigenvalue weighted by molar-refractivity contribution is 0.0980. The van der Waals surface area contributed by atoms with Gasteiger partial charge in [0.1, 0.15) is 0 Å². The van der Waals surface area contributed by atoms with Crippen molar-refractivity contribution in [3.63, 3.8) is 0 Å². The molecule has 4 rings (SSSR count). The van der Waals surface area contributed by atoms with E-state index in [1.807, 2.05) is 0 Å². The van der Waals surface area contributed by atoms with E-state index >= 15 is 0 Å². The van der Waals surface area contributed by atoms with Crippen LogP contribution in [0.2, 0.25) is 0 Å². The SMILES string of the molecule is O=C1c2ccccc2C(=O)c2c1ccc1[nH]c(=O)c(=O)[nH]c21. The van der Waals surface area contributed by atoms with Gasteiger partial charge in [-0.15, -0.1) is 0 Å². The van der Waals surface area contributed by atoms with Gasteiger partial charge in [-0.3, -0.25) is 19.2 Å². The number of H-pyrrole nitrogens is 2. The first-order chi connectivity index (χ1) is 10.6. The molecule has 0 atom stereocenters. The molecule has 1 aliphatic rings. The van der Waals surface area contributed by atoms with Gasteiger partial charge in [0.05, 0.1) is 16.6 Å². The summed E-state index contributed by atoms with van der Waals surface area (Å²) in [6.45, 7) is 0. The maximum absolute atomic E-state index is 12.7. The lowest BCUT2D eigenvalue weighted by Crippen LogP contribution is -2.30. The van der Waals surface area contributed by atoms with Crippen molar-refractivity contribution in [3.05, 3.63) is 79.4 Å². The van der Waals surface area contributed by atoms with E-state index in [0.29, 0.717) is 16.6 Å². The molecule has 0 aliphatic heterocycles. The molecule has 1 heterocycles. The number of fused-ring (bicyclic) bond motifs is 4. The Morgan fingerprint density at radius 3 is 2.00 bits per heavy atom. The van der Waals surface area contributed by atoms with Gasteiger partial charge in [-0.05, 0) is 12.1 Å². The molecule has 0 unspecified atom stereocenters. The van der Waals surface area contributed by atoms with Crippen molar-refractivity contribution in [2.24, 2.45) is 0 Å². The zero-order valence-corrected chi connectivity index (χ0v) is 11.1. The van der Waals surface area contributed by atoms with Crippen LogP contribution in [0.25, 0.3) is 11.0 Å². The molecule has 3 aromatic rings. The predicted molar refractivity (Wildman–Crippen MR) is 78.5 cm³/mol. The van der Waals surface area contributed by atoms with E-state index in [2.05, 4.69) is 9.97 Å². The average Bonchev–Trinajstić information content (AvgIpc) is 2.53. The number of aromatic amines is 2. The molecule has 0 saturated heterocycles. The van der Waals surface area contributed by atoms with Crippen molar-refractivity contribution in [1.82, 2.24) is 9.97 Å². The highest BCUT2D eigenvalue weighted by atomic mass is 16.2. The van der Waals surface area contributed by atoms with Crippen molar-refractivity contribution in [2.75, 3.05) is 0 Å². The molecule has 0 amide bonds. The zero-order valence-electron chi connectivity index (χ0n) is 11.1. The summed E-state index contributed by atoms with van der Waals surface area (Å²) in [7, 11) is 0. The minimum atomic E-state index is -0.861. The van der Waals surface area contributed by atoms with E-state index in [-0.39, 0.29) is 28.2 Å². The highest BCUT2D eigenvalue weighted by Crippen LogP contribution is 2.30. The second-order valence-electron chi connectivity index (χ2n) is 5.02. The lowest BCUT2D eigenvalue weighted by atomic mass is 9.83. The van der Waals surface area contributed by atoms with Crippen molar-refractivity contribution >= 4 is 22.6 Å². The van der Waals surface area contributed by atoms with Crippen molar-refractivity contribution in [1.29, 1.82) is 0 Å². The number of nitrogens with one attached hydrogen (secondary N) is 2. The number of carbonyl (C=O) groups excluding carboxylic acids is 2. The first kappa shape index (κ1) is 12.5. The van der Waals surface area contributed by atoms with Crippen LogP contribution in [0.4, 0.5) is 0 Å². The van der Waals surface area contributed by atoms with Gasteiger partial charge in [0.2, 0.25) is 0 Å². The minimum Gasteiger partial charge on any atom is -0.316 e. The molecular formula is C16H8N2O4. The Morgan fingerprint density at radius 1 is 0.636 bits per heavy atom. The van der Waals surface area contributed by atoms with Gasteiger partial charge >= 0.3 is 11.1 Å². The summed E-state index contributed by atoms with van der Waals surface area (Å²) in [6, 6.07) is 9.52. The minimum absolute atomic E-state index is 0.120. The Bertz CT molecular complexity index is 1110. The number of ketones is 2. The van der Waals surface area contributed by atoms with Gasteiger partial charge in [-0.1, -0.05) is 24.3 Å². The second kappa shape index (κ2) is 4.11. The number of hydrogen-bond donors (Lipinski definition) is 2. The van der Waals surface area contributed by atoms with Crippen molar-refractivity contribution in [3.8, 4) is 0 Å². The summed E-state index contributed by atoms with van der Waals surface area (Å²) in [4.78, 5) is 53.0. The molecule has 0 radical (unpaired) electrons. The molecule has 0 saturated carbocycles. The fraction of sp³-hybridized carbons (Fsp3) is 0. The zero-order chi connectivity index (χ0) is 15.4.